The van der Waals surface area contributed by atoms with Crippen LogP contribution in [0.1, 0.15) is 10.4 Å². The lowest BCUT2D eigenvalue weighted by atomic mass is 10.2. The maximum Gasteiger partial charge on any atom is 0.152 e. The molecule has 2 rings (SSSR count). The lowest BCUT2D eigenvalue weighted by Crippen LogP contribution is -1.82. The van der Waals surface area contributed by atoms with Crippen LogP contribution in [-0.4, -0.2) is 10.9 Å². The molecular formula is C10H8INO. The number of aryl methyl sites for hydroxylation is 1. The Bertz CT molecular complexity index is 473. The molecule has 2 aromatic rings. The van der Waals surface area contributed by atoms with E-state index in [0.717, 1.165) is 26.3 Å². The summed E-state index contributed by atoms with van der Waals surface area (Å²) >= 11 is 2.24. The van der Waals surface area contributed by atoms with E-state index in [1.54, 1.807) is 0 Å². The molecule has 0 saturated heterocycles. The fourth-order valence-electron chi connectivity index (χ4n) is 1.49. The summed E-state index contributed by atoms with van der Waals surface area (Å²) in [4.78, 5) is 10.7. The minimum atomic E-state index is 0.760. The molecule has 0 aliphatic heterocycles. The number of carbonyl (C=O) groups excluding carboxylic acids is 1. The van der Waals surface area contributed by atoms with E-state index in [-0.39, 0.29) is 0 Å². The highest BCUT2D eigenvalue weighted by Gasteiger charge is 2.04. The van der Waals surface area contributed by atoms with Crippen molar-refractivity contribution in [2.75, 3.05) is 0 Å². The fraction of sp³-hybridized carbons (Fsp3) is 0.100. The Kier molecular flexibility index (Phi) is 2.11. The molecule has 0 saturated carbocycles. The summed E-state index contributed by atoms with van der Waals surface area (Å²) in [6, 6.07) is 6.10. The average Bonchev–Trinajstić information content (AvgIpc) is 2.42. The number of fused-ring (bicyclic) bond motifs is 1. The summed E-state index contributed by atoms with van der Waals surface area (Å²) in [6.07, 6.45) is 2.76. The van der Waals surface area contributed by atoms with Crippen molar-refractivity contribution in [2.45, 2.75) is 0 Å². The summed E-state index contributed by atoms with van der Waals surface area (Å²) in [5.41, 5.74) is 1.86. The largest absolute Gasteiger partial charge is 0.350 e. The summed E-state index contributed by atoms with van der Waals surface area (Å²) in [7, 11) is 1.95. The van der Waals surface area contributed by atoms with Crippen LogP contribution in [0.15, 0.2) is 24.4 Å². The number of nitrogens with zero attached hydrogens (tertiary/aromatic N) is 1. The van der Waals surface area contributed by atoms with Crippen LogP contribution < -0.4 is 0 Å². The quantitative estimate of drug-likeness (QED) is 0.583. The second-order valence-electron chi connectivity index (χ2n) is 2.97. The minimum absolute atomic E-state index is 0.760. The first-order valence-electron chi connectivity index (χ1n) is 3.92. The molecule has 0 aliphatic rings. The van der Waals surface area contributed by atoms with E-state index in [1.165, 1.54) is 0 Å². The number of aldehydes is 1. The number of benzene rings is 1. The number of carbonyl (C=O) groups is 1. The molecule has 1 aromatic carbocycles. The molecule has 0 spiro atoms. The van der Waals surface area contributed by atoms with Gasteiger partial charge in [0.15, 0.2) is 6.29 Å². The molecule has 2 nitrogen and oxygen atoms in total. The predicted octanol–water partition coefficient (Wildman–Crippen LogP) is 2.60. The number of hydrogen-bond donors (Lipinski definition) is 0. The van der Waals surface area contributed by atoms with Crippen molar-refractivity contribution in [1.29, 1.82) is 0 Å². The van der Waals surface area contributed by atoms with Crippen LogP contribution >= 0.6 is 22.6 Å². The molecule has 1 heterocycles. The second kappa shape index (κ2) is 3.14. The summed E-state index contributed by atoms with van der Waals surface area (Å²) in [5.74, 6) is 0. The Morgan fingerprint density at radius 3 is 2.92 bits per heavy atom. The minimum Gasteiger partial charge on any atom is -0.350 e. The van der Waals surface area contributed by atoms with Crippen LogP contribution in [0.5, 0.6) is 0 Å². The molecule has 0 unspecified atom stereocenters. The normalized spacial score (nSPS) is 10.6. The van der Waals surface area contributed by atoms with Crippen molar-refractivity contribution in [2.24, 2.45) is 7.05 Å². The molecule has 0 amide bonds. The monoisotopic (exact) mass is 285 g/mol. The van der Waals surface area contributed by atoms with Gasteiger partial charge in [0.25, 0.3) is 0 Å². The zero-order valence-corrected chi connectivity index (χ0v) is 9.28. The highest BCUT2D eigenvalue weighted by atomic mass is 127. The number of rotatable bonds is 1. The standard InChI is InChI=1S/C10H8INO/c1-12-5-7(6-13)9-4-8(11)2-3-10(9)12/h2-6H,1H3. The molecule has 0 aliphatic carbocycles. The zero-order valence-electron chi connectivity index (χ0n) is 7.12. The van der Waals surface area contributed by atoms with E-state index in [4.69, 9.17) is 0 Å². The van der Waals surface area contributed by atoms with Crippen molar-refractivity contribution >= 4 is 39.8 Å². The van der Waals surface area contributed by atoms with Gasteiger partial charge >= 0.3 is 0 Å². The first-order chi connectivity index (χ1) is 6.22. The molecule has 3 heteroatoms. The maximum absolute atomic E-state index is 10.7. The fourth-order valence-corrected chi connectivity index (χ4v) is 1.98. The maximum atomic E-state index is 10.7. The van der Waals surface area contributed by atoms with Gasteiger partial charge < -0.3 is 4.57 Å². The van der Waals surface area contributed by atoms with E-state index in [2.05, 4.69) is 22.6 Å². The van der Waals surface area contributed by atoms with Gasteiger partial charge in [0, 0.05) is 33.3 Å². The van der Waals surface area contributed by atoms with E-state index in [0.29, 0.717) is 0 Å². The number of hydrogen-bond acceptors (Lipinski definition) is 1. The van der Waals surface area contributed by atoms with Crippen LogP contribution in [0.25, 0.3) is 10.9 Å². The molecule has 0 radical (unpaired) electrons. The topological polar surface area (TPSA) is 22.0 Å². The van der Waals surface area contributed by atoms with Crippen LogP contribution in [0, 0.1) is 3.57 Å². The van der Waals surface area contributed by atoms with Crippen LogP contribution in [0.4, 0.5) is 0 Å². The van der Waals surface area contributed by atoms with Crippen molar-refractivity contribution < 1.29 is 4.79 Å². The van der Waals surface area contributed by atoms with Gasteiger partial charge in [-0.05, 0) is 40.8 Å². The van der Waals surface area contributed by atoms with Crippen LogP contribution in [-0.2, 0) is 7.05 Å². The third-order valence-corrected chi connectivity index (χ3v) is 2.78. The highest BCUT2D eigenvalue weighted by Crippen LogP contribution is 2.21. The van der Waals surface area contributed by atoms with Crippen molar-refractivity contribution in [3.63, 3.8) is 0 Å². The highest BCUT2D eigenvalue weighted by molar-refractivity contribution is 14.1. The predicted molar refractivity (Wildman–Crippen MR) is 61.0 cm³/mol. The Balaban J connectivity index is 2.89. The van der Waals surface area contributed by atoms with E-state index in [1.807, 2.05) is 36.0 Å². The van der Waals surface area contributed by atoms with Crippen molar-refractivity contribution in [3.8, 4) is 0 Å². The first kappa shape index (κ1) is 8.74. The molecule has 13 heavy (non-hydrogen) atoms. The Morgan fingerprint density at radius 2 is 2.23 bits per heavy atom. The Morgan fingerprint density at radius 1 is 1.46 bits per heavy atom. The average molecular weight is 285 g/mol. The molecule has 0 atom stereocenters. The van der Waals surface area contributed by atoms with Gasteiger partial charge in [0.2, 0.25) is 0 Å². The molecule has 1 aromatic heterocycles. The SMILES string of the molecule is Cn1cc(C=O)c2cc(I)ccc21. The van der Waals surface area contributed by atoms with Gasteiger partial charge in [0.05, 0.1) is 0 Å². The van der Waals surface area contributed by atoms with Gasteiger partial charge in [0.1, 0.15) is 0 Å². The van der Waals surface area contributed by atoms with Gasteiger partial charge in [-0.2, -0.15) is 0 Å². The van der Waals surface area contributed by atoms with Crippen LogP contribution in [0.2, 0.25) is 0 Å². The van der Waals surface area contributed by atoms with Gasteiger partial charge in [-0.3, -0.25) is 4.79 Å². The third kappa shape index (κ3) is 1.37. The lowest BCUT2D eigenvalue weighted by molar-refractivity contribution is 0.112. The van der Waals surface area contributed by atoms with E-state index < -0.39 is 0 Å². The van der Waals surface area contributed by atoms with Crippen molar-refractivity contribution in [3.05, 3.63) is 33.5 Å². The Labute approximate surface area is 89.7 Å². The Hall–Kier alpha value is -0.840. The third-order valence-electron chi connectivity index (χ3n) is 2.11. The van der Waals surface area contributed by atoms with Gasteiger partial charge in [-0.25, -0.2) is 0 Å². The number of aromatic nitrogens is 1. The summed E-state index contributed by atoms with van der Waals surface area (Å²) < 4.78 is 3.12. The molecule has 0 bridgehead atoms. The second-order valence-corrected chi connectivity index (χ2v) is 4.22. The number of halogens is 1. The van der Waals surface area contributed by atoms with E-state index >= 15 is 0 Å². The van der Waals surface area contributed by atoms with Gasteiger partial charge in [-0.15, -0.1) is 0 Å². The molecule has 66 valence electrons. The van der Waals surface area contributed by atoms with Crippen LogP contribution in [0.3, 0.4) is 0 Å². The van der Waals surface area contributed by atoms with Gasteiger partial charge in [-0.1, -0.05) is 0 Å². The van der Waals surface area contributed by atoms with E-state index in [9.17, 15) is 4.79 Å². The summed E-state index contributed by atoms with van der Waals surface area (Å²) in [5, 5.41) is 1.03. The first-order valence-corrected chi connectivity index (χ1v) is 5.00. The zero-order chi connectivity index (χ0) is 9.42. The molecule has 0 N–H and O–H groups in total. The lowest BCUT2D eigenvalue weighted by Gasteiger charge is -1.95. The molecule has 0 fully saturated rings. The molecular weight excluding hydrogens is 277 g/mol. The summed E-state index contributed by atoms with van der Waals surface area (Å²) in [6.45, 7) is 0. The smallest absolute Gasteiger partial charge is 0.152 e. The van der Waals surface area contributed by atoms with Crippen molar-refractivity contribution in [1.82, 2.24) is 4.57 Å².